The smallest absolute Gasteiger partial charge is 0.545 e. The normalized spacial score (nSPS) is 7.06. The molecule has 0 rings (SSSR count). The van der Waals surface area contributed by atoms with Gasteiger partial charge in [-0.1, -0.05) is 13.2 Å². The van der Waals surface area contributed by atoms with Crippen molar-refractivity contribution in [1.82, 2.24) is 0 Å². The van der Waals surface area contributed by atoms with Crippen LogP contribution in [0.3, 0.4) is 0 Å². The van der Waals surface area contributed by atoms with Gasteiger partial charge in [-0.3, -0.25) is 0 Å². The van der Waals surface area contributed by atoms with Gasteiger partial charge < -0.3 is 30.0 Å². The Morgan fingerprint density at radius 3 is 1.06 bits per heavy atom. The van der Waals surface area contributed by atoms with Crippen molar-refractivity contribution in [1.29, 1.82) is 0 Å². The van der Waals surface area contributed by atoms with Gasteiger partial charge in [-0.15, -0.1) is 0 Å². The number of rotatable bonds is 3. The van der Waals surface area contributed by atoms with Crippen molar-refractivity contribution in [3.8, 4) is 0 Å². The van der Waals surface area contributed by atoms with Gasteiger partial charge in [0, 0.05) is 0 Å². The second kappa shape index (κ2) is 17.2. The first kappa shape index (κ1) is 24.9. The fraction of sp³-hybridized carbons (Fsp3) is 0.400. The Kier molecular flexibility index (Phi) is 25.3. The minimum absolute atomic E-state index is 0. The van der Waals surface area contributed by atoms with E-state index < -0.39 is 11.9 Å². The molecule has 0 heterocycles. The Labute approximate surface area is 110 Å². The van der Waals surface area contributed by atoms with E-state index in [1.807, 2.05) is 0 Å². The third-order valence-electron chi connectivity index (χ3n) is 0.797. The topological polar surface area (TPSA) is 121 Å². The Morgan fingerprint density at radius 1 is 0.941 bits per heavy atom. The first-order valence-corrected chi connectivity index (χ1v) is 4.16. The van der Waals surface area contributed by atoms with Crippen LogP contribution in [-0.2, 0) is 26.4 Å². The van der Waals surface area contributed by atoms with Crippen molar-refractivity contribution in [2.24, 2.45) is 0 Å². The number of carboxylic acid groups (broad SMARTS) is 2. The number of carbonyl (C=O) groups excluding carboxylic acids is 2. The van der Waals surface area contributed by atoms with Crippen LogP contribution in [0.5, 0.6) is 0 Å². The zero-order valence-corrected chi connectivity index (χ0v) is 10.7. The molecule has 2 N–H and O–H groups in total. The molecular weight excluding hydrogens is 275 g/mol. The van der Waals surface area contributed by atoms with Crippen LogP contribution in [-0.4, -0.2) is 35.4 Å². The van der Waals surface area contributed by atoms with Crippen molar-refractivity contribution < 1.29 is 46.8 Å². The van der Waals surface area contributed by atoms with E-state index in [1.54, 1.807) is 0 Å². The fourth-order valence-corrected chi connectivity index (χ4v) is 0. The molecule has 0 aliphatic carbocycles. The zero-order valence-electron chi connectivity index (χ0n) is 9.69. The van der Waals surface area contributed by atoms with Crippen molar-refractivity contribution in [3.63, 3.8) is 0 Å². The van der Waals surface area contributed by atoms with Crippen molar-refractivity contribution >= 4 is 11.9 Å². The fourth-order valence-electron chi connectivity index (χ4n) is 0. The maximum atomic E-state index is 9.49. The molecule has 0 saturated heterocycles. The summed E-state index contributed by atoms with van der Waals surface area (Å²) in [5.41, 5.74) is 0.130. The molecule has 0 amide bonds. The van der Waals surface area contributed by atoms with Gasteiger partial charge in [0.1, 0.15) is 0 Å². The number of carboxylic acids is 2. The Hall–Kier alpha value is -1.15. The number of hydrogen-bond donors (Lipinski definition) is 2. The van der Waals surface area contributed by atoms with Crippen LogP contribution in [0.1, 0.15) is 13.8 Å². The van der Waals surface area contributed by atoms with E-state index in [0.29, 0.717) is 0 Å². The van der Waals surface area contributed by atoms with Gasteiger partial charge in [0.05, 0.1) is 25.2 Å². The van der Waals surface area contributed by atoms with Gasteiger partial charge in [0.25, 0.3) is 0 Å². The second-order valence-corrected chi connectivity index (χ2v) is 2.58. The summed E-state index contributed by atoms with van der Waals surface area (Å²) in [6, 6.07) is 0. The summed E-state index contributed by atoms with van der Waals surface area (Å²) >= 11 is 0. The maximum Gasteiger partial charge on any atom is 2.00 e. The molecule has 0 spiro atoms. The average Bonchev–Trinajstić information content (AvgIpc) is 2.18. The molecule has 0 aromatic carbocycles. The van der Waals surface area contributed by atoms with Crippen molar-refractivity contribution in [2.75, 3.05) is 13.2 Å². The SMILES string of the molecule is C=C(C)C(=O)[O-].C=C(C)C(=O)[O-].OCCO.[Co+2]. The van der Waals surface area contributed by atoms with Gasteiger partial charge in [-0.05, 0) is 25.0 Å². The number of aliphatic hydroxyl groups is 2. The Morgan fingerprint density at radius 2 is 1.06 bits per heavy atom. The number of hydrogen-bond acceptors (Lipinski definition) is 6. The first-order chi connectivity index (χ1) is 7.20. The van der Waals surface area contributed by atoms with E-state index in [4.69, 9.17) is 10.2 Å². The summed E-state index contributed by atoms with van der Waals surface area (Å²) in [4.78, 5) is 19.0. The molecule has 7 heteroatoms. The average molecular weight is 291 g/mol. The predicted octanol–water partition coefficient (Wildman–Crippen LogP) is -2.41. The summed E-state index contributed by atoms with van der Waals surface area (Å²) in [6.07, 6.45) is 0. The molecule has 0 unspecified atom stereocenters. The van der Waals surface area contributed by atoms with Gasteiger partial charge in [-0.2, -0.15) is 0 Å². The molecule has 0 aromatic rings. The monoisotopic (exact) mass is 291 g/mol. The third-order valence-corrected chi connectivity index (χ3v) is 0.797. The molecule has 0 fully saturated rings. The number of aliphatic carboxylic acids is 2. The summed E-state index contributed by atoms with van der Waals surface area (Å²) < 4.78 is 0. The standard InChI is InChI=1S/2C4H6O2.C2H6O2.Co/c2*1-3(2)4(5)6;3-1-2-4;/h2*1H2,2H3,(H,5,6);3-4H,1-2H2;/q;;;+2/p-2. The third kappa shape index (κ3) is 39.8. The molecule has 0 saturated carbocycles. The minimum Gasteiger partial charge on any atom is -0.545 e. The largest absolute Gasteiger partial charge is 2.00 e. The molecule has 0 atom stereocenters. The van der Waals surface area contributed by atoms with Crippen molar-refractivity contribution in [3.05, 3.63) is 24.3 Å². The maximum absolute atomic E-state index is 9.49. The molecule has 6 nitrogen and oxygen atoms in total. The molecule has 17 heavy (non-hydrogen) atoms. The van der Waals surface area contributed by atoms with Crippen LogP contribution < -0.4 is 10.2 Å². The summed E-state index contributed by atoms with van der Waals surface area (Å²) in [6.45, 7) is 8.70. The molecular formula is C10H16CoO6. The molecule has 0 aliphatic heterocycles. The minimum atomic E-state index is -1.19. The van der Waals surface area contributed by atoms with Crippen LogP contribution in [0, 0.1) is 0 Å². The molecule has 0 aromatic heterocycles. The summed E-state index contributed by atoms with van der Waals surface area (Å²) in [5, 5.41) is 34.2. The van der Waals surface area contributed by atoms with Crippen LogP contribution >= 0.6 is 0 Å². The predicted molar refractivity (Wildman–Crippen MR) is 53.8 cm³/mol. The number of aliphatic hydroxyl groups excluding tert-OH is 2. The summed E-state index contributed by atoms with van der Waals surface area (Å²) in [7, 11) is 0. The van der Waals surface area contributed by atoms with Crippen LogP contribution in [0.2, 0.25) is 0 Å². The molecule has 101 valence electrons. The van der Waals surface area contributed by atoms with Crippen molar-refractivity contribution in [2.45, 2.75) is 13.8 Å². The van der Waals surface area contributed by atoms with Gasteiger partial charge in [-0.25, -0.2) is 0 Å². The Balaban J connectivity index is -0.0000000741. The first-order valence-electron chi connectivity index (χ1n) is 4.16. The van der Waals surface area contributed by atoms with E-state index in [1.165, 1.54) is 13.8 Å². The quantitative estimate of drug-likeness (QED) is 0.559. The van der Waals surface area contributed by atoms with Crippen LogP contribution in [0.15, 0.2) is 24.3 Å². The van der Waals surface area contributed by atoms with E-state index in [0.717, 1.165) is 0 Å². The van der Waals surface area contributed by atoms with Crippen LogP contribution in [0.25, 0.3) is 0 Å². The summed E-state index contributed by atoms with van der Waals surface area (Å²) in [5.74, 6) is -2.37. The zero-order chi connectivity index (χ0) is 13.7. The van der Waals surface area contributed by atoms with E-state index in [-0.39, 0.29) is 41.1 Å². The van der Waals surface area contributed by atoms with Gasteiger partial charge in [0.15, 0.2) is 0 Å². The Bertz CT molecular complexity index is 199. The van der Waals surface area contributed by atoms with Gasteiger partial charge >= 0.3 is 16.8 Å². The molecule has 0 aliphatic rings. The van der Waals surface area contributed by atoms with E-state index >= 15 is 0 Å². The van der Waals surface area contributed by atoms with Gasteiger partial charge in [0.2, 0.25) is 0 Å². The van der Waals surface area contributed by atoms with E-state index in [9.17, 15) is 19.8 Å². The molecule has 1 radical (unpaired) electrons. The second-order valence-electron chi connectivity index (χ2n) is 2.58. The van der Waals surface area contributed by atoms with Crippen LogP contribution in [0.4, 0.5) is 0 Å². The molecule has 0 bridgehead atoms. The number of carbonyl (C=O) groups is 2. The van der Waals surface area contributed by atoms with E-state index in [2.05, 4.69) is 13.2 Å².